The van der Waals surface area contributed by atoms with Gasteiger partial charge < -0.3 is 5.11 Å². The summed E-state index contributed by atoms with van der Waals surface area (Å²) in [5.41, 5.74) is 3.93. The van der Waals surface area contributed by atoms with Crippen LogP contribution in [-0.2, 0) is 6.54 Å². The third kappa shape index (κ3) is 2.71. The molecule has 1 aliphatic rings. The number of rotatable bonds is 3. The highest BCUT2D eigenvalue weighted by Gasteiger charge is 2.15. The van der Waals surface area contributed by atoms with Gasteiger partial charge in [-0.25, -0.2) is 0 Å². The molecule has 1 aliphatic heterocycles. The van der Waals surface area contributed by atoms with Gasteiger partial charge in [0.1, 0.15) is 0 Å². The van der Waals surface area contributed by atoms with E-state index in [0.29, 0.717) is 0 Å². The Labute approximate surface area is 97.2 Å². The third-order valence-electron chi connectivity index (χ3n) is 3.23. The number of benzene rings is 1. The SMILES string of the molecule is CC1=C(CO)CCN(Cc2ccccc2)C1. The molecule has 2 nitrogen and oxygen atoms in total. The molecule has 1 N–H and O–H groups in total. The molecule has 16 heavy (non-hydrogen) atoms. The van der Waals surface area contributed by atoms with E-state index in [0.717, 1.165) is 26.1 Å². The van der Waals surface area contributed by atoms with E-state index in [2.05, 4.69) is 42.2 Å². The quantitative estimate of drug-likeness (QED) is 0.785. The zero-order valence-electron chi connectivity index (χ0n) is 9.82. The van der Waals surface area contributed by atoms with Crippen LogP contribution in [0.1, 0.15) is 18.9 Å². The van der Waals surface area contributed by atoms with Crippen LogP contribution in [0.25, 0.3) is 0 Å². The molecule has 0 bridgehead atoms. The molecule has 0 spiro atoms. The molecule has 2 rings (SSSR count). The molecule has 0 amide bonds. The van der Waals surface area contributed by atoms with Crippen molar-refractivity contribution in [3.8, 4) is 0 Å². The van der Waals surface area contributed by atoms with Crippen LogP contribution in [0.3, 0.4) is 0 Å². The number of aliphatic hydroxyl groups is 1. The molecule has 0 fully saturated rings. The Morgan fingerprint density at radius 2 is 2.00 bits per heavy atom. The van der Waals surface area contributed by atoms with Gasteiger partial charge in [-0.3, -0.25) is 4.90 Å². The number of aliphatic hydroxyl groups excluding tert-OH is 1. The summed E-state index contributed by atoms with van der Waals surface area (Å²) in [6.07, 6.45) is 1.01. The molecule has 0 radical (unpaired) electrons. The van der Waals surface area contributed by atoms with E-state index in [4.69, 9.17) is 5.11 Å². The fourth-order valence-corrected chi connectivity index (χ4v) is 2.22. The molecule has 1 aromatic carbocycles. The summed E-state index contributed by atoms with van der Waals surface area (Å²) in [6.45, 7) is 5.41. The largest absolute Gasteiger partial charge is 0.392 e. The van der Waals surface area contributed by atoms with Gasteiger partial charge in [-0.05, 0) is 24.5 Å². The Balaban J connectivity index is 1.97. The van der Waals surface area contributed by atoms with E-state index in [9.17, 15) is 0 Å². The van der Waals surface area contributed by atoms with Gasteiger partial charge in [0.25, 0.3) is 0 Å². The van der Waals surface area contributed by atoms with Crippen molar-refractivity contribution in [2.24, 2.45) is 0 Å². The summed E-state index contributed by atoms with van der Waals surface area (Å²) in [7, 11) is 0. The lowest BCUT2D eigenvalue weighted by atomic mass is 10.0. The Bertz CT molecular complexity index is 370. The van der Waals surface area contributed by atoms with Crippen molar-refractivity contribution in [1.82, 2.24) is 4.90 Å². The van der Waals surface area contributed by atoms with E-state index in [1.165, 1.54) is 16.7 Å². The molecule has 1 aromatic rings. The fourth-order valence-electron chi connectivity index (χ4n) is 2.22. The Kier molecular flexibility index (Phi) is 3.75. The van der Waals surface area contributed by atoms with Gasteiger partial charge in [-0.15, -0.1) is 0 Å². The minimum absolute atomic E-state index is 0.227. The van der Waals surface area contributed by atoms with Gasteiger partial charge in [0.15, 0.2) is 0 Å². The van der Waals surface area contributed by atoms with Crippen molar-refractivity contribution in [3.63, 3.8) is 0 Å². The minimum atomic E-state index is 0.227. The zero-order chi connectivity index (χ0) is 11.4. The van der Waals surface area contributed by atoms with E-state index >= 15 is 0 Å². The van der Waals surface area contributed by atoms with Crippen LogP contribution in [-0.4, -0.2) is 29.7 Å². The number of hydrogen-bond acceptors (Lipinski definition) is 2. The molecule has 86 valence electrons. The maximum atomic E-state index is 9.16. The number of hydrogen-bond donors (Lipinski definition) is 1. The van der Waals surface area contributed by atoms with Crippen LogP contribution in [0.5, 0.6) is 0 Å². The highest BCUT2D eigenvalue weighted by molar-refractivity contribution is 5.19. The lowest BCUT2D eigenvalue weighted by Gasteiger charge is -2.29. The maximum absolute atomic E-state index is 9.16. The molecular weight excluding hydrogens is 198 g/mol. The van der Waals surface area contributed by atoms with Crippen molar-refractivity contribution in [1.29, 1.82) is 0 Å². The second-order valence-electron chi connectivity index (χ2n) is 4.49. The second-order valence-corrected chi connectivity index (χ2v) is 4.49. The third-order valence-corrected chi connectivity index (χ3v) is 3.23. The van der Waals surface area contributed by atoms with Crippen LogP contribution in [0, 0.1) is 0 Å². The minimum Gasteiger partial charge on any atom is -0.392 e. The predicted molar refractivity (Wildman–Crippen MR) is 66.1 cm³/mol. The lowest BCUT2D eigenvalue weighted by molar-refractivity contribution is 0.256. The highest BCUT2D eigenvalue weighted by Crippen LogP contribution is 2.18. The average molecular weight is 217 g/mol. The maximum Gasteiger partial charge on any atom is 0.0645 e. The van der Waals surface area contributed by atoms with E-state index in [1.807, 2.05) is 0 Å². The van der Waals surface area contributed by atoms with Crippen molar-refractivity contribution < 1.29 is 5.11 Å². The smallest absolute Gasteiger partial charge is 0.0645 e. The van der Waals surface area contributed by atoms with Crippen LogP contribution in [0.4, 0.5) is 0 Å². The number of nitrogens with zero attached hydrogens (tertiary/aromatic N) is 1. The lowest BCUT2D eigenvalue weighted by Crippen LogP contribution is -2.31. The van der Waals surface area contributed by atoms with Gasteiger partial charge in [-0.1, -0.05) is 35.9 Å². The standard InChI is InChI=1S/C14H19NO/c1-12-9-15(8-7-14(12)11-16)10-13-5-3-2-4-6-13/h2-6,16H,7-11H2,1H3. The molecule has 0 saturated carbocycles. The second kappa shape index (κ2) is 5.28. The first-order valence-corrected chi connectivity index (χ1v) is 5.84. The topological polar surface area (TPSA) is 23.5 Å². The van der Waals surface area contributed by atoms with Gasteiger partial charge in [0.2, 0.25) is 0 Å². The van der Waals surface area contributed by atoms with Crippen molar-refractivity contribution in [3.05, 3.63) is 47.0 Å². The normalized spacial score (nSPS) is 17.9. The summed E-state index contributed by atoms with van der Waals surface area (Å²) < 4.78 is 0. The highest BCUT2D eigenvalue weighted by atomic mass is 16.3. The Hall–Kier alpha value is -1.12. The van der Waals surface area contributed by atoms with E-state index < -0.39 is 0 Å². The van der Waals surface area contributed by atoms with E-state index in [1.54, 1.807) is 0 Å². The first-order chi connectivity index (χ1) is 7.79. The van der Waals surface area contributed by atoms with Crippen molar-refractivity contribution in [2.75, 3.05) is 19.7 Å². The zero-order valence-corrected chi connectivity index (χ0v) is 9.82. The van der Waals surface area contributed by atoms with E-state index in [-0.39, 0.29) is 6.61 Å². The van der Waals surface area contributed by atoms with Crippen LogP contribution >= 0.6 is 0 Å². The average Bonchev–Trinajstić information content (AvgIpc) is 2.31. The predicted octanol–water partition coefficient (Wildman–Crippen LogP) is 2.20. The van der Waals surface area contributed by atoms with Crippen molar-refractivity contribution >= 4 is 0 Å². The summed E-state index contributed by atoms with van der Waals surface area (Å²) in [4.78, 5) is 2.43. The molecule has 0 aromatic heterocycles. The fraction of sp³-hybridized carbons (Fsp3) is 0.429. The van der Waals surface area contributed by atoms with Crippen molar-refractivity contribution in [2.45, 2.75) is 19.9 Å². The Morgan fingerprint density at radius 3 is 2.62 bits per heavy atom. The molecule has 0 aliphatic carbocycles. The first kappa shape index (κ1) is 11.4. The van der Waals surface area contributed by atoms with Gasteiger partial charge in [0.05, 0.1) is 6.61 Å². The van der Waals surface area contributed by atoms with Gasteiger partial charge in [-0.2, -0.15) is 0 Å². The molecule has 0 atom stereocenters. The van der Waals surface area contributed by atoms with Crippen LogP contribution in [0.2, 0.25) is 0 Å². The molecule has 0 saturated heterocycles. The monoisotopic (exact) mass is 217 g/mol. The molecule has 0 unspecified atom stereocenters. The van der Waals surface area contributed by atoms with Gasteiger partial charge >= 0.3 is 0 Å². The summed E-state index contributed by atoms with van der Waals surface area (Å²) in [6, 6.07) is 10.6. The molecule has 2 heteroatoms. The summed E-state index contributed by atoms with van der Waals surface area (Å²) in [5.74, 6) is 0. The summed E-state index contributed by atoms with van der Waals surface area (Å²) in [5, 5.41) is 9.16. The van der Waals surface area contributed by atoms with Crippen LogP contribution < -0.4 is 0 Å². The summed E-state index contributed by atoms with van der Waals surface area (Å²) >= 11 is 0. The molecular formula is C14H19NO. The van der Waals surface area contributed by atoms with Gasteiger partial charge in [0, 0.05) is 19.6 Å². The van der Waals surface area contributed by atoms with Crippen LogP contribution in [0.15, 0.2) is 41.5 Å². The first-order valence-electron chi connectivity index (χ1n) is 5.84. The molecule has 1 heterocycles. The Morgan fingerprint density at radius 1 is 1.25 bits per heavy atom.